The monoisotopic (exact) mass is 493 g/mol. The van der Waals surface area contributed by atoms with E-state index in [0.29, 0.717) is 23.6 Å². The van der Waals surface area contributed by atoms with E-state index < -0.39 is 0 Å². The van der Waals surface area contributed by atoms with E-state index in [0.717, 1.165) is 38.9 Å². The van der Waals surface area contributed by atoms with Gasteiger partial charge in [-0.1, -0.05) is 18.2 Å². The van der Waals surface area contributed by atoms with Gasteiger partial charge in [-0.25, -0.2) is 15.0 Å². The minimum Gasteiger partial charge on any atom is -0.324 e. The molecular weight excluding hydrogens is 470 g/mol. The van der Waals surface area contributed by atoms with Crippen molar-refractivity contribution in [3.8, 4) is 11.3 Å². The Balaban J connectivity index is 1.27. The van der Waals surface area contributed by atoms with Crippen molar-refractivity contribution in [1.82, 2.24) is 24.3 Å². The van der Waals surface area contributed by atoms with E-state index in [1.165, 1.54) is 11.5 Å². The topological polar surface area (TPSA) is 106 Å². The zero-order valence-electron chi connectivity index (χ0n) is 19.8. The largest absolute Gasteiger partial charge is 0.324 e. The molecule has 5 aromatic rings. The fourth-order valence-electron chi connectivity index (χ4n) is 3.62. The predicted octanol–water partition coefficient (Wildman–Crippen LogP) is 5.59. The minimum atomic E-state index is -0.186. The van der Waals surface area contributed by atoms with Gasteiger partial charge in [0.25, 0.3) is 5.91 Å². The van der Waals surface area contributed by atoms with Gasteiger partial charge in [0, 0.05) is 47.5 Å². The summed E-state index contributed by atoms with van der Waals surface area (Å²) in [5.41, 5.74) is 5.78. The van der Waals surface area contributed by atoms with Crippen LogP contribution in [0.15, 0.2) is 79.3 Å². The van der Waals surface area contributed by atoms with Crippen molar-refractivity contribution >= 4 is 34.8 Å². The number of anilines is 3. The molecule has 0 saturated heterocycles. The first-order chi connectivity index (χ1) is 17.5. The molecule has 0 fully saturated rings. The maximum atomic E-state index is 12.9. The van der Waals surface area contributed by atoms with E-state index in [2.05, 4.69) is 34.9 Å². The highest BCUT2D eigenvalue weighted by atomic mass is 32.1. The summed E-state index contributed by atoms with van der Waals surface area (Å²) in [5, 5.41) is 7.18. The zero-order chi connectivity index (χ0) is 24.9. The van der Waals surface area contributed by atoms with Gasteiger partial charge in [-0.2, -0.15) is 4.37 Å². The van der Waals surface area contributed by atoms with Crippen LogP contribution in [-0.4, -0.2) is 30.2 Å². The Morgan fingerprint density at radius 1 is 0.972 bits per heavy atom. The molecule has 2 aromatic carbocycles. The number of rotatable bonds is 7. The van der Waals surface area contributed by atoms with Crippen molar-refractivity contribution in [2.24, 2.45) is 0 Å². The van der Waals surface area contributed by atoms with Gasteiger partial charge in [-0.15, -0.1) is 0 Å². The van der Waals surface area contributed by atoms with E-state index in [-0.39, 0.29) is 5.91 Å². The predicted molar refractivity (Wildman–Crippen MR) is 142 cm³/mol. The molecule has 0 atom stereocenters. The molecule has 2 N–H and O–H groups in total. The molecule has 5 rings (SSSR count). The van der Waals surface area contributed by atoms with Crippen LogP contribution in [0.5, 0.6) is 0 Å². The molecule has 1 amide bonds. The van der Waals surface area contributed by atoms with Crippen LogP contribution in [0.25, 0.3) is 11.3 Å². The number of benzene rings is 2. The van der Waals surface area contributed by atoms with E-state index >= 15 is 0 Å². The molecule has 0 radical (unpaired) electrons. The number of hydrogen-bond acceptors (Lipinski definition) is 8. The summed E-state index contributed by atoms with van der Waals surface area (Å²) in [5.74, 6) is 1.07. The summed E-state index contributed by atoms with van der Waals surface area (Å²) in [6, 6.07) is 18.8. The van der Waals surface area contributed by atoms with E-state index in [1.54, 1.807) is 18.6 Å². The van der Waals surface area contributed by atoms with Crippen molar-refractivity contribution in [1.29, 1.82) is 0 Å². The fraction of sp³-hybridized carbons (Fsp3) is 0.111. The molecule has 8 nitrogen and oxygen atoms in total. The Labute approximate surface area is 212 Å². The maximum Gasteiger partial charge on any atom is 0.255 e. The van der Waals surface area contributed by atoms with E-state index in [1.807, 2.05) is 74.5 Å². The maximum absolute atomic E-state index is 12.9. The highest BCUT2D eigenvalue weighted by Crippen LogP contribution is 2.24. The lowest BCUT2D eigenvalue weighted by molar-refractivity contribution is 0.102. The number of aromatic nitrogens is 5. The van der Waals surface area contributed by atoms with Crippen molar-refractivity contribution in [3.63, 3.8) is 0 Å². The van der Waals surface area contributed by atoms with Crippen LogP contribution in [0.1, 0.15) is 32.3 Å². The van der Waals surface area contributed by atoms with Gasteiger partial charge in [0.1, 0.15) is 10.8 Å². The molecule has 3 aromatic heterocycles. The summed E-state index contributed by atoms with van der Waals surface area (Å²) >= 11 is 1.39. The smallest absolute Gasteiger partial charge is 0.255 e. The third-order valence-electron chi connectivity index (χ3n) is 5.50. The van der Waals surface area contributed by atoms with Gasteiger partial charge in [-0.05, 0) is 79.0 Å². The van der Waals surface area contributed by atoms with Crippen molar-refractivity contribution in [2.45, 2.75) is 20.3 Å². The summed E-state index contributed by atoms with van der Waals surface area (Å²) in [4.78, 5) is 30.3. The van der Waals surface area contributed by atoms with Gasteiger partial charge < -0.3 is 10.6 Å². The number of carbonyl (C=O) groups excluding carboxylic acids is 1. The minimum absolute atomic E-state index is 0.186. The molecule has 178 valence electrons. The normalized spacial score (nSPS) is 10.7. The van der Waals surface area contributed by atoms with E-state index in [9.17, 15) is 4.79 Å². The molecule has 0 saturated carbocycles. The van der Waals surface area contributed by atoms with Gasteiger partial charge in [0.15, 0.2) is 0 Å². The van der Waals surface area contributed by atoms with Crippen LogP contribution in [0, 0.1) is 13.8 Å². The standard InChI is InChI=1S/C27H23N7OS/c1-17-5-10-22(15-24(17)33-27-29-13-11-23(32-27)21-4-3-12-28-16-21)31-26(35)20-8-6-19(7-9-20)14-25-30-18(2)36-34-25/h3-13,15-16H,14H2,1-2H3,(H,31,35)(H,29,32,33). The van der Waals surface area contributed by atoms with Crippen LogP contribution < -0.4 is 10.6 Å². The average Bonchev–Trinajstić information content (AvgIpc) is 3.31. The number of nitrogens with zero attached hydrogens (tertiary/aromatic N) is 5. The number of carbonyl (C=O) groups is 1. The summed E-state index contributed by atoms with van der Waals surface area (Å²) in [6.07, 6.45) is 5.83. The molecule has 0 aliphatic carbocycles. The first-order valence-electron chi connectivity index (χ1n) is 11.3. The molecular formula is C27H23N7OS. The van der Waals surface area contributed by atoms with Crippen LogP contribution in [0.3, 0.4) is 0 Å². The second kappa shape index (κ2) is 10.4. The van der Waals surface area contributed by atoms with Gasteiger partial charge >= 0.3 is 0 Å². The number of aryl methyl sites for hydroxylation is 2. The Morgan fingerprint density at radius 2 is 1.83 bits per heavy atom. The van der Waals surface area contributed by atoms with Crippen molar-refractivity contribution < 1.29 is 4.79 Å². The van der Waals surface area contributed by atoms with Crippen molar-refractivity contribution in [2.75, 3.05) is 10.6 Å². The highest BCUT2D eigenvalue weighted by Gasteiger charge is 2.10. The second-order valence-electron chi connectivity index (χ2n) is 8.22. The third-order valence-corrected chi connectivity index (χ3v) is 6.16. The van der Waals surface area contributed by atoms with Crippen LogP contribution >= 0.6 is 11.5 Å². The number of amides is 1. The number of hydrogen-bond donors (Lipinski definition) is 2. The first-order valence-corrected chi connectivity index (χ1v) is 12.1. The second-order valence-corrected chi connectivity index (χ2v) is 9.18. The lowest BCUT2D eigenvalue weighted by atomic mass is 10.1. The molecule has 0 bridgehead atoms. The zero-order valence-corrected chi connectivity index (χ0v) is 20.6. The summed E-state index contributed by atoms with van der Waals surface area (Å²) in [6.45, 7) is 3.92. The Hall–Kier alpha value is -4.50. The third kappa shape index (κ3) is 5.59. The lowest BCUT2D eigenvalue weighted by Gasteiger charge is -2.12. The average molecular weight is 494 g/mol. The van der Waals surface area contributed by atoms with E-state index in [4.69, 9.17) is 0 Å². The van der Waals surface area contributed by atoms with Crippen LogP contribution in [-0.2, 0) is 6.42 Å². The Kier molecular flexibility index (Phi) is 6.72. The molecule has 0 aliphatic heterocycles. The fourth-order valence-corrected chi connectivity index (χ4v) is 4.11. The molecule has 9 heteroatoms. The van der Waals surface area contributed by atoms with Crippen LogP contribution in [0.4, 0.5) is 17.3 Å². The molecule has 0 aliphatic rings. The SMILES string of the molecule is Cc1nc(Cc2ccc(C(=O)Nc3ccc(C)c(Nc4nccc(-c5cccnc5)n4)c3)cc2)ns1. The highest BCUT2D eigenvalue weighted by molar-refractivity contribution is 7.05. The molecule has 0 spiro atoms. The Bertz CT molecular complexity index is 1500. The molecule has 0 unspecified atom stereocenters. The van der Waals surface area contributed by atoms with Gasteiger partial charge in [0.05, 0.1) is 5.69 Å². The first kappa shape index (κ1) is 23.3. The summed E-state index contributed by atoms with van der Waals surface area (Å²) in [7, 11) is 0. The quantitative estimate of drug-likeness (QED) is 0.304. The Morgan fingerprint density at radius 3 is 2.58 bits per heavy atom. The van der Waals surface area contributed by atoms with Gasteiger partial charge in [0.2, 0.25) is 5.95 Å². The molecule has 3 heterocycles. The number of nitrogens with one attached hydrogen (secondary N) is 2. The lowest BCUT2D eigenvalue weighted by Crippen LogP contribution is -2.12. The van der Waals surface area contributed by atoms with Crippen LogP contribution in [0.2, 0.25) is 0 Å². The summed E-state index contributed by atoms with van der Waals surface area (Å²) < 4.78 is 4.32. The molecule has 36 heavy (non-hydrogen) atoms. The van der Waals surface area contributed by atoms with Gasteiger partial charge in [-0.3, -0.25) is 9.78 Å². The number of pyridine rings is 1. The van der Waals surface area contributed by atoms with Crippen molar-refractivity contribution in [3.05, 3.63) is 107 Å².